The zero-order valence-corrected chi connectivity index (χ0v) is 17.4. The van der Waals surface area contributed by atoms with Crippen LogP contribution in [0.1, 0.15) is 31.8 Å². The number of nitrogens with one attached hydrogen (secondary N) is 2. The van der Waals surface area contributed by atoms with E-state index in [2.05, 4.69) is 15.7 Å². The lowest BCUT2D eigenvalue weighted by Crippen LogP contribution is -2.22. The van der Waals surface area contributed by atoms with Crippen LogP contribution in [0.4, 0.5) is 11.4 Å². The van der Waals surface area contributed by atoms with E-state index < -0.39 is 0 Å². The second-order valence-corrected chi connectivity index (χ2v) is 7.33. The summed E-state index contributed by atoms with van der Waals surface area (Å²) in [6.45, 7) is 0.947. The van der Waals surface area contributed by atoms with Crippen LogP contribution in [0.2, 0.25) is 0 Å². The highest BCUT2D eigenvalue weighted by Crippen LogP contribution is 2.18. The van der Waals surface area contributed by atoms with E-state index in [1.807, 2.05) is 54.6 Å². The number of hydrogen-bond acceptors (Lipinski definition) is 4. The third kappa shape index (κ3) is 5.20. The first-order valence-corrected chi connectivity index (χ1v) is 10.2. The fourth-order valence-corrected chi connectivity index (χ4v) is 3.20. The predicted octanol–water partition coefficient (Wildman–Crippen LogP) is 3.70. The summed E-state index contributed by atoms with van der Waals surface area (Å²) in [7, 11) is 0. The topological polar surface area (TPSA) is 102 Å². The van der Waals surface area contributed by atoms with E-state index in [1.54, 1.807) is 41.3 Å². The Morgan fingerprint density at radius 2 is 1.53 bits per heavy atom. The van der Waals surface area contributed by atoms with Gasteiger partial charge in [0, 0.05) is 18.3 Å². The number of para-hydroxylation sites is 2. The Morgan fingerprint density at radius 1 is 0.812 bits per heavy atom. The first-order chi connectivity index (χ1) is 15.6. The molecule has 0 aliphatic rings. The van der Waals surface area contributed by atoms with E-state index in [0.717, 1.165) is 11.1 Å². The van der Waals surface area contributed by atoms with Gasteiger partial charge in [0.25, 0.3) is 11.8 Å². The van der Waals surface area contributed by atoms with Crippen LogP contribution >= 0.6 is 0 Å². The summed E-state index contributed by atoms with van der Waals surface area (Å²) in [5.41, 5.74) is 9.99. The zero-order chi connectivity index (χ0) is 22.3. The largest absolute Gasteiger partial charge is 0.397 e. The number of benzene rings is 3. The molecule has 4 N–H and O–H groups in total. The van der Waals surface area contributed by atoms with Crippen LogP contribution in [0.5, 0.6) is 0 Å². The minimum Gasteiger partial charge on any atom is -0.397 e. The van der Waals surface area contributed by atoms with Crippen LogP contribution in [0.3, 0.4) is 0 Å². The van der Waals surface area contributed by atoms with Gasteiger partial charge in [-0.15, -0.1) is 0 Å². The molecule has 0 radical (unpaired) electrons. The third-order valence-corrected chi connectivity index (χ3v) is 4.96. The van der Waals surface area contributed by atoms with E-state index in [1.165, 1.54) is 0 Å². The van der Waals surface area contributed by atoms with Crippen molar-refractivity contribution in [1.29, 1.82) is 0 Å². The van der Waals surface area contributed by atoms with Crippen LogP contribution < -0.4 is 16.4 Å². The summed E-state index contributed by atoms with van der Waals surface area (Å²) in [6, 6.07) is 24.1. The fourth-order valence-electron chi connectivity index (χ4n) is 3.20. The molecule has 0 fully saturated rings. The maximum atomic E-state index is 12.4. The Morgan fingerprint density at radius 3 is 2.28 bits per heavy atom. The van der Waals surface area contributed by atoms with Crippen molar-refractivity contribution in [2.45, 2.75) is 13.1 Å². The molecule has 7 heteroatoms. The molecule has 0 unspecified atom stereocenters. The molecule has 0 bridgehead atoms. The molecule has 3 aromatic carbocycles. The Hall–Kier alpha value is -4.39. The molecule has 0 spiro atoms. The molecule has 1 heterocycles. The lowest BCUT2D eigenvalue weighted by atomic mass is 10.1. The Labute approximate surface area is 185 Å². The number of carbonyl (C=O) groups excluding carboxylic acids is 2. The minimum atomic E-state index is -0.231. The normalized spacial score (nSPS) is 10.5. The molecular weight excluding hydrogens is 402 g/mol. The fraction of sp³-hybridized carbons (Fsp3) is 0.0800. The maximum Gasteiger partial charge on any atom is 0.255 e. The number of rotatable bonds is 7. The quantitative estimate of drug-likeness (QED) is 0.393. The van der Waals surface area contributed by atoms with Crippen molar-refractivity contribution in [3.05, 3.63) is 114 Å². The number of amides is 2. The van der Waals surface area contributed by atoms with Crippen molar-refractivity contribution < 1.29 is 9.59 Å². The van der Waals surface area contributed by atoms with Crippen molar-refractivity contribution in [2.24, 2.45) is 0 Å². The smallest absolute Gasteiger partial charge is 0.255 e. The first-order valence-electron chi connectivity index (χ1n) is 10.2. The van der Waals surface area contributed by atoms with Gasteiger partial charge >= 0.3 is 0 Å². The standard InChI is InChI=1S/C25H23N5O2/c26-22-8-4-5-9-23(22)29-25(32)20-12-10-19(11-13-20)16-30-17-21(15-28-30)24(31)27-14-18-6-2-1-3-7-18/h1-13,15,17H,14,16,26H2,(H,27,31)(H,29,32). The molecule has 0 saturated heterocycles. The van der Waals surface area contributed by atoms with Crippen molar-refractivity contribution in [2.75, 3.05) is 11.1 Å². The summed E-state index contributed by atoms with van der Waals surface area (Å²) in [4.78, 5) is 24.8. The summed E-state index contributed by atoms with van der Waals surface area (Å²) >= 11 is 0. The lowest BCUT2D eigenvalue weighted by Gasteiger charge is -2.08. The van der Waals surface area contributed by atoms with Crippen molar-refractivity contribution in [3.63, 3.8) is 0 Å². The lowest BCUT2D eigenvalue weighted by molar-refractivity contribution is 0.0950. The van der Waals surface area contributed by atoms with Crippen LogP contribution in [-0.4, -0.2) is 21.6 Å². The van der Waals surface area contributed by atoms with Gasteiger partial charge in [-0.3, -0.25) is 14.3 Å². The summed E-state index contributed by atoms with van der Waals surface area (Å²) < 4.78 is 1.69. The molecule has 0 aliphatic heterocycles. The van der Waals surface area contributed by atoms with Gasteiger partial charge in [-0.2, -0.15) is 5.10 Å². The highest BCUT2D eigenvalue weighted by molar-refractivity contribution is 6.05. The Bertz CT molecular complexity index is 1220. The van der Waals surface area contributed by atoms with E-state index in [0.29, 0.717) is 35.6 Å². The number of aromatic nitrogens is 2. The molecule has 4 aromatic rings. The number of nitrogens with two attached hydrogens (primary N) is 1. The number of nitrogen functional groups attached to an aromatic ring is 1. The summed E-state index contributed by atoms with van der Waals surface area (Å²) in [5, 5.41) is 9.97. The summed E-state index contributed by atoms with van der Waals surface area (Å²) in [6.07, 6.45) is 3.26. The Kier molecular flexibility index (Phi) is 6.27. The van der Waals surface area contributed by atoms with Crippen LogP contribution in [-0.2, 0) is 13.1 Å². The molecule has 32 heavy (non-hydrogen) atoms. The van der Waals surface area contributed by atoms with E-state index in [9.17, 15) is 9.59 Å². The Balaban J connectivity index is 1.34. The molecule has 0 saturated carbocycles. The molecule has 7 nitrogen and oxygen atoms in total. The average molecular weight is 425 g/mol. The third-order valence-electron chi connectivity index (χ3n) is 4.96. The van der Waals surface area contributed by atoms with Gasteiger partial charge in [-0.05, 0) is 35.4 Å². The summed E-state index contributed by atoms with van der Waals surface area (Å²) in [5.74, 6) is -0.404. The van der Waals surface area contributed by atoms with Crippen molar-refractivity contribution in [1.82, 2.24) is 15.1 Å². The monoisotopic (exact) mass is 425 g/mol. The van der Waals surface area contributed by atoms with Gasteiger partial charge in [-0.1, -0.05) is 54.6 Å². The van der Waals surface area contributed by atoms with Gasteiger partial charge in [0.1, 0.15) is 0 Å². The van der Waals surface area contributed by atoms with Crippen LogP contribution in [0.15, 0.2) is 91.3 Å². The van der Waals surface area contributed by atoms with Gasteiger partial charge in [0.2, 0.25) is 0 Å². The molecule has 160 valence electrons. The number of nitrogens with zero attached hydrogens (tertiary/aromatic N) is 2. The van der Waals surface area contributed by atoms with E-state index in [4.69, 9.17) is 5.73 Å². The minimum absolute atomic E-state index is 0.174. The van der Waals surface area contributed by atoms with E-state index in [-0.39, 0.29) is 11.8 Å². The molecule has 2 amide bonds. The molecule has 1 aromatic heterocycles. The van der Waals surface area contributed by atoms with Crippen molar-refractivity contribution in [3.8, 4) is 0 Å². The van der Waals surface area contributed by atoms with E-state index >= 15 is 0 Å². The number of anilines is 2. The van der Waals surface area contributed by atoms with Gasteiger partial charge in [0.05, 0.1) is 29.7 Å². The molecule has 0 atom stereocenters. The highest BCUT2D eigenvalue weighted by atomic mass is 16.2. The van der Waals surface area contributed by atoms with Crippen molar-refractivity contribution >= 4 is 23.2 Å². The SMILES string of the molecule is Nc1ccccc1NC(=O)c1ccc(Cn2cc(C(=O)NCc3ccccc3)cn2)cc1. The van der Waals surface area contributed by atoms with Gasteiger partial charge < -0.3 is 16.4 Å². The number of carbonyl (C=O) groups is 2. The predicted molar refractivity (Wildman–Crippen MR) is 124 cm³/mol. The molecule has 4 rings (SSSR count). The van der Waals surface area contributed by atoms with Crippen LogP contribution in [0, 0.1) is 0 Å². The second-order valence-electron chi connectivity index (χ2n) is 7.33. The number of hydrogen-bond donors (Lipinski definition) is 3. The molecule has 0 aliphatic carbocycles. The highest BCUT2D eigenvalue weighted by Gasteiger charge is 2.10. The van der Waals surface area contributed by atoms with Crippen LogP contribution in [0.25, 0.3) is 0 Å². The first kappa shape index (κ1) is 20.9. The zero-order valence-electron chi connectivity index (χ0n) is 17.4. The second kappa shape index (κ2) is 9.61. The average Bonchev–Trinajstić information content (AvgIpc) is 3.29. The van der Waals surface area contributed by atoms with Gasteiger partial charge in [0.15, 0.2) is 0 Å². The molecular formula is C25H23N5O2. The maximum absolute atomic E-state index is 12.4. The van der Waals surface area contributed by atoms with Gasteiger partial charge in [-0.25, -0.2) is 0 Å².